The molecule has 24 heavy (non-hydrogen) atoms. The fourth-order valence-electron chi connectivity index (χ4n) is 3.00. The number of aliphatic hydroxyl groups excluding tert-OH is 1. The Balaban J connectivity index is 1.85. The minimum Gasteiger partial charge on any atom is -0.393 e. The van der Waals surface area contributed by atoms with Gasteiger partial charge in [-0.1, -0.05) is 18.6 Å². The average Bonchev–Trinajstić information content (AvgIpc) is 2.89. The number of amides is 1. The van der Waals surface area contributed by atoms with Crippen LogP contribution >= 0.6 is 0 Å². The van der Waals surface area contributed by atoms with E-state index in [1.807, 2.05) is 0 Å². The molecule has 7 heteroatoms. The van der Waals surface area contributed by atoms with E-state index in [1.165, 1.54) is 18.2 Å². The summed E-state index contributed by atoms with van der Waals surface area (Å²) in [7, 11) is 0. The Bertz CT molecular complexity index is 563. The maximum atomic E-state index is 12.9. The molecule has 0 aromatic heterocycles. The molecule has 1 aromatic rings. The lowest BCUT2D eigenvalue weighted by Crippen LogP contribution is -2.36. The van der Waals surface area contributed by atoms with Crippen molar-refractivity contribution in [3.8, 4) is 0 Å². The molecule has 0 heterocycles. The van der Waals surface area contributed by atoms with Crippen LogP contribution in [-0.4, -0.2) is 29.7 Å². The molecule has 134 valence electrons. The highest BCUT2D eigenvalue weighted by atomic mass is 19.4. The predicted molar refractivity (Wildman–Crippen MR) is 85.5 cm³/mol. The van der Waals surface area contributed by atoms with Gasteiger partial charge in [-0.25, -0.2) is 0 Å². The summed E-state index contributed by atoms with van der Waals surface area (Å²) in [6.45, 7) is 2.41. The van der Waals surface area contributed by atoms with Crippen molar-refractivity contribution >= 4 is 11.6 Å². The van der Waals surface area contributed by atoms with Crippen molar-refractivity contribution in [2.75, 3.05) is 11.9 Å². The van der Waals surface area contributed by atoms with Crippen LogP contribution in [0.5, 0.6) is 0 Å². The zero-order valence-corrected chi connectivity index (χ0v) is 13.6. The van der Waals surface area contributed by atoms with Crippen molar-refractivity contribution < 1.29 is 23.1 Å². The molecule has 1 aromatic carbocycles. The monoisotopic (exact) mass is 344 g/mol. The summed E-state index contributed by atoms with van der Waals surface area (Å²) in [5.74, 6) is -0.292. The van der Waals surface area contributed by atoms with E-state index in [0.717, 1.165) is 25.3 Å². The highest BCUT2D eigenvalue weighted by Crippen LogP contribution is 2.34. The third-order valence-corrected chi connectivity index (χ3v) is 4.35. The van der Waals surface area contributed by atoms with Crippen LogP contribution in [0.1, 0.15) is 38.2 Å². The predicted octanol–water partition coefficient (Wildman–Crippen LogP) is 3.17. The first kappa shape index (κ1) is 18.7. The standard InChI is InChI=1S/C17H23F3N2O2/c1-11(21-10-12-5-4-8-15(12)23)9-16(24)22-14-7-3-2-6-13(14)17(18,19)20/h2-3,6-7,11-12,15,21,23H,4-5,8-10H2,1H3,(H,22,24). The van der Waals surface area contributed by atoms with E-state index in [9.17, 15) is 23.1 Å². The normalized spacial score (nSPS) is 22.4. The van der Waals surface area contributed by atoms with Gasteiger partial charge in [-0.3, -0.25) is 4.79 Å². The third-order valence-electron chi connectivity index (χ3n) is 4.35. The molecule has 0 spiro atoms. The zero-order chi connectivity index (χ0) is 17.7. The molecule has 0 radical (unpaired) electrons. The molecule has 0 bridgehead atoms. The number of alkyl halides is 3. The quantitative estimate of drug-likeness (QED) is 0.743. The molecule has 0 aliphatic heterocycles. The smallest absolute Gasteiger partial charge is 0.393 e. The van der Waals surface area contributed by atoms with Crippen LogP contribution in [-0.2, 0) is 11.0 Å². The molecule has 2 rings (SSSR count). The van der Waals surface area contributed by atoms with E-state index in [2.05, 4.69) is 10.6 Å². The number of rotatable bonds is 6. The van der Waals surface area contributed by atoms with Gasteiger partial charge in [0.25, 0.3) is 0 Å². The number of aliphatic hydroxyl groups is 1. The summed E-state index contributed by atoms with van der Waals surface area (Å²) >= 11 is 0. The molecule has 0 saturated heterocycles. The lowest BCUT2D eigenvalue weighted by atomic mass is 10.1. The van der Waals surface area contributed by atoms with Crippen molar-refractivity contribution in [1.29, 1.82) is 0 Å². The highest BCUT2D eigenvalue weighted by Gasteiger charge is 2.33. The lowest BCUT2D eigenvalue weighted by Gasteiger charge is -2.20. The lowest BCUT2D eigenvalue weighted by molar-refractivity contribution is -0.137. The van der Waals surface area contributed by atoms with Crippen LogP contribution in [0.3, 0.4) is 0 Å². The van der Waals surface area contributed by atoms with E-state index in [-0.39, 0.29) is 30.2 Å². The van der Waals surface area contributed by atoms with E-state index < -0.39 is 17.6 Å². The molecule has 1 saturated carbocycles. The fraction of sp³-hybridized carbons (Fsp3) is 0.588. The van der Waals surface area contributed by atoms with Gasteiger partial charge >= 0.3 is 6.18 Å². The first-order valence-electron chi connectivity index (χ1n) is 8.15. The van der Waals surface area contributed by atoms with Crippen molar-refractivity contribution in [1.82, 2.24) is 5.32 Å². The molecular formula is C17H23F3N2O2. The highest BCUT2D eigenvalue weighted by molar-refractivity contribution is 5.92. The van der Waals surface area contributed by atoms with E-state index in [4.69, 9.17) is 0 Å². The molecule has 3 unspecified atom stereocenters. The number of hydrogen-bond acceptors (Lipinski definition) is 3. The first-order valence-corrected chi connectivity index (χ1v) is 8.15. The average molecular weight is 344 g/mol. The Labute approximate surface area is 139 Å². The van der Waals surface area contributed by atoms with Crippen molar-refractivity contribution in [2.24, 2.45) is 5.92 Å². The number of benzene rings is 1. The summed E-state index contributed by atoms with van der Waals surface area (Å²) < 4.78 is 38.7. The molecule has 1 aliphatic rings. The van der Waals surface area contributed by atoms with Crippen molar-refractivity contribution in [3.63, 3.8) is 0 Å². The SMILES string of the molecule is CC(CC(=O)Nc1ccccc1C(F)(F)F)NCC1CCCC1O. The number of carbonyl (C=O) groups is 1. The fourth-order valence-corrected chi connectivity index (χ4v) is 3.00. The van der Waals surface area contributed by atoms with E-state index in [1.54, 1.807) is 6.92 Å². The van der Waals surface area contributed by atoms with E-state index >= 15 is 0 Å². The summed E-state index contributed by atoms with van der Waals surface area (Å²) in [6.07, 6.45) is -2.00. The number of halogens is 3. The topological polar surface area (TPSA) is 61.4 Å². The Morgan fingerprint density at radius 3 is 2.67 bits per heavy atom. The van der Waals surface area contributed by atoms with Gasteiger partial charge in [0.15, 0.2) is 0 Å². The summed E-state index contributed by atoms with van der Waals surface area (Å²) in [6, 6.07) is 4.74. The van der Waals surface area contributed by atoms with Crippen LogP contribution in [0.2, 0.25) is 0 Å². The molecule has 1 fully saturated rings. The minimum atomic E-state index is -4.51. The Morgan fingerprint density at radius 1 is 1.33 bits per heavy atom. The van der Waals surface area contributed by atoms with Crippen LogP contribution < -0.4 is 10.6 Å². The minimum absolute atomic E-state index is 0.0645. The second kappa shape index (κ2) is 7.98. The second-order valence-electron chi connectivity index (χ2n) is 6.36. The summed E-state index contributed by atoms with van der Waals surface area (Å²) in [5.41, 5.74) is -1.08. The Hall–Kier alpha value is -1.60. The summed E-state index contributed by atoms with van der Waals surface area (Å²) in [5, 5.41) is 15.3. The van der Waals surface area contributed by atoms with Gasteiger partial charge in [0, 0.05) is 19.0 Å². The van der Waals surface area contributed by atoms with Gasteiger partial charge in [-0.15, -0.1) is 0 Å². The van der Waals surface area contributed by atoms with Crippen molar-refractivity contribution in [2.45, 2.75) is 50.9 Å². The number of nitrogens with one attached hydrogen (secondary N) is 2. The zero-order valence-electron chi connectivity index (χ0n) is 13.6. The molecule has 1 amide bonds. The Kier molecular flexibility index (Phi) is 6.23. The Morgan fingerprint density at radius 2 is 2.04 bits per heavy atom. The van der Waals surface area contributed by atoms with Crippen molar-refractivity contribution in [3.05, 3.63) is 29.8 Å². The number of para-hydroxylation sites is 1. The van der Waals surface area contributed by atoms with Gasteiger partial charge in [0.1, 0.15) is 0 Å². The summed E-state index contributed by atoms with van der Waals surface area (Å²) in [4.78, 5) is 12.0. The largest absolute Gasteiger partial charge is 0.418 e. The maximum absolute atomic E-state index is 12.9. The van der Waals surface area contributed by atoms with Gasteiger partial charge in [0.05, 0.1) is 17.4 Å². The van der Waals surface area contributed by atoms with E-state index in [0.29, 0.717) is 6.54 Å². The number of anilines is 1. The van der Waals surface area contributed by atoms with Crippen LogP contribution in [0.15, 0.2) is 24.3 Å². The van der Waals surface area contributed by atoms with Gasteiger partial charge in [-0.2, -0.15) is 13.2 Å². The van der Waals surface area contributed by atoms with Crippen LogP contribution in [0.4, 0.5) is 18.9 Å². The number of carbonyl (C=O) groups excluding carboxylic acids is 1. The molecule has 3 atom stereocenters. The third kappa shape index (κ3) is 5.21. The number of hydrogen-bond donors (Lipinski definition) is 3. The van der Waals surface area contributed by atoms with Gasteiger partial charge in [0.2, 0.25) is 5.91 Å². The van der Waals surface area contributed by atoms with Crippen LogP contribution in [0.25, 0.3) is 0 Å². The molecule has 4 nitrogen and oxygen atoms in total. The molecule has 3 N–H and O–H groups in total. The molecule has 1 aliphatic carbocycles. The first-order chi connectivity index (χ1) is 11.3. The van der Waals surface area contributed by atoms with Crippen LogP contribution in [0, 0.1) is 5.92 Å². The molecular weight excluding hydrogens is 321 g/mol. The second-order valence-corrected chi connectivity index (χ2v) is 6.36. The van der Waals surface area contributed by atoms with Gasteiger partial charge in [-0.05, 0) is 37.8 Å². The van der Waals surface area contributed by atoms with Gasteiger partial charge < -0.3 is 15.7 Å². The maximum Gasteiger partial charge on any atom is 0.418 e.